The van der Waals surface area contributed by atoms with E-state index in [-0.39, 0.29) is 66.5 Å². The number of rotatable bonds is 17. The third kappa shape index (κ3) is 34.5. The molecule has 0 saturated carbocycles. The number of alkyl carbamates (subject to hydrolysis) is 3. The molecular formula is C95H97BrCl5F5N12O8. The van der Waals surface area contributed by atoms with E-state index < -0.39 is 57.2 Å². The number of aromatic nitrogens is 6. The molecule has 0 aliphatic carbocycles. The third-order valence-electron chi connectivity index (χ3n) is 17.1. The van der Waals surface area contributed by atoms with Crippen molar-refractivity contribution in [3.63, 3.8) is 0 Å². The Morgan fingerprint density at radius 2 is 0.627 bits per heavy atom. The van der Waals surface area contributed by atoms with Crippen LogP contribution in [-0.2, 0) is 41.1 Å². The standard InChI is InChI=1S/C23H29FN2O3.C21H24BrFN2O3.C19H22ClFN2O2.C14H14ClFN2.C12H6ClFN2.C6H2Cl2N2/c1-8-28-15(2)19-13-17(23(6,7)26-21(27)29-22(3,4)5)14-20(25-19)16-9-11-18(24)12-10-16;1-20(2,3)28-19(27)25-21(4,5)14-10-16(13-6-8-15(23)9-7-13)24-17(11-14)18(26)12-22;1-18(2,3)25-17(24)23-19(4,5)13-10-15(22-16(20)11-13)12-6-8-14(21)9-7-12;1-14(2,17)10-7-12(18-13(15)8-10)9-3-5-11(16)6-4-9;13-12-6-8(7-15)5-11(16-12)9-1-3-10(14)4-2-9;7-5-1-4(3-9)2-6(8)10-5/h9-14H,2,8H2,1,3-7H3,(H,26,27);6-11H,12H2,1-5H3,(H,25,27);6-11H,1-5H3,(H,23,24);3-8H,17H2,1-2H3;1-6H;1-2H. The highest BCUT2D eigenvalue weighted by atomic mass is 79.9. The number of hydrogen-bond donors (Lipinski definition) is 4. The van der Waals surface area contributed by atoms with Gasteiger partial charge in [0.25, 0.3) is 0 Å². The number of ether oxygens (including phenoxy) is 4. The first kappa shape index (κ1) is 103. The van der Waals surface area contributed by atoms with Crippen LogP contribution in [0.5, 0.6) is 0 Å². The van der Waals surface area contributed by atoms with Gasteiger partial charge in [-0.05, 0) is 341 Å². The molecule has 0 unspecified atom stereocenters. The van der Waals surface area contributed by atoms with Crippen LogP contribution < -0.4 is 21.7 Å². The second-order valence-electron chi connectivity index (χ2n) is 33.1. The number of halogens is 11. The lowest BCUT2D eigenvalue weighted by molar-refractivity contribution is 0.0457. The SMILES string of the molecule is C=C(OCC)c1cc(C(C)(C)NC(=O)OC(C)(C)C)cc(-c2ccc(F)cc2)n1.CC(C)(C)OC(=O)NC(C)(C)c1cc(C(=O)CBr)nc(-c2ccc(F)cc2)c1.CC(C)(C)OC(=O)NC(C)(C)c1cc(Cl)nc(-c2ccc(F)cc2)c1.CC(C)(N)c1cc(Cl)nc(-c2ccc(F)cc2)c1.N#Cc1cc(Cl)nc(-c2ccc(F)cc2)c1.N#Cc1cc(Cl)nc(Cl)c1. The van der Waals surface area contributed by atoms with Crippen LogP contribution in [0.25, 0.3) is 62.0 Å². The van der Waals surface area contributed by atoms with E-state index >= 15 is 0 Å². The van der Waals surface area contributed by atoms with Crippen LogP contribution >= 0.6 is 73.9 Å². The molecule has 662 valence electrons. The Hall–Kier alpha value is -11.5. The Bertz CT molecular complexity index is 5700. The molecule has 5 N–H and O–H groups in total. The Morgan fingerprint density at radius 1 is 0.381 bits per heavy atom. The van der Waals surface area contributed by atoms with Crippen molar-refractivity contribution < 1.29 is 60.1 Å². The zero-order chi connectivity index (χ0) is 94.2. The normalized spacial score (nSPS) is 11.3. The van der Waals surface area contributed by atoms with Gasteiger partial charge in [0.1, 0.15) is 88.8 Å². The summed E-state index contributed by atoms with van der Waals surface area (Å²) in [7, 11) is 0. The van der Waals surface area contributed by atoms with E-state index in [9.17, 15) is 41.1 Å². The summed E-state index contributed by atoms with van der Waals surface area (Å²) in [6.07, 6.45) is -1.60. The first-order chi connectivity index (χ1) is 58.5. The monoisotopic (exact) mass is 1880 g/mol. The van der Waals surface area contributed by atoms with Gasteiger partial charge in [-0.25, -0.2) is 66.2 Å². The third-order valence-corrected chi connectivity index (χ3v) is 18.6. The second-order valence-corrected chi connectivity index (χ2v) is 35.6. The number of alkyl halides is 1. The zero-order valence-corrected chi connectivity index (χ0v) is 78.0. The lowest BCUT2D eigenvalue weighted by atomic mass is 9.92. The molecule has 0 radical (unpaired) electrons. The summed E-state index contributed by atoms with van der Waals surface area (Å²) in [4.78, 5) is 74.2. The van der Waals surface area contributed by atoms with Gasteiger partial charge in [0.15, 0.2) is 5.78 Å². The molecule has 5 aromatic carbocycles. The van der Waals surface area contributed by atoms with Gasteiger partial charge >= 0.3 is 18.3 Å². The molecule has 0 saturated heterocycles. The maximum absolute atomic E-state index is 13.3. The summed E-state index contributed by atoms with van der Waals surface area (Å²) in [5.74, 6) is -1.37. The van der Waals surface area contributed by atoms with Gasteiger partial charge < -0.3 is 40.6 Å². The van der Waals surface area contributed by atoms with E-state index in [1.165, 1.54) is 78.9 Å². The maximum atomic E-state index is 13.3. The number of hydrogen-bond acceptors (Lipinski definition) is 17. The van der Waals surface area contributed by atoms with E-state index in [0.29, 0.717) is 73.9 Å². The van der Waals surface area contributed by atoms with Gasteiger partial charge in [-0.1, -0.05) is 80.5 Å². The lowest BCUT2D eigenvalue weighted by Gasteiger charge is -2.29. The molecule has 0 fully saturated rings. The fraction of sp³-hybridized carbons (Fsp3) is 0.284. The van der Waals surface area contributed by atoms with Crippen LogP contribution in [0.15, 0.2) is 201 Å². The quantitative estimate of drug-likeness (QED) is 0.0164. The molecule has 3 amide bonds. The van der Waals surface area contributed by atoms with E-state index in [1.807, 2.05) is 119 Å². The van der Waals surface area contributed by atoms with Crippen molar-refractivity contribution in [2.45, 2.75) is 164 Å². The van der Waals surface area contributed by atoms with Crippen molar-refractivity contribution in [1.82, 2.24) is 45.9 Å². The molecule has 11 rings (SSSR count). The van der Waals surface area contributed by atoms with Crippen molar-refractivity contribution in [2.24, 2.45) is 5.73 Å². The Labute approximate surface area is 765 Å². The molecule has 31 heteroatoms. The number of benzene rings is 5. The van der Waals surface area contributed by atoms with Crippen molar-refractivity contribution >= 4 is 104 Å². The number of nitrogens with two attached hydrogens (primary N) is 1. The van der Waals surface area contributed by atoms with E-state index in [0.717, 1.165) is 38.9 Å². The van der Waals surface area contributed by atoms with Crippen molar-refractivity contribution in [3.05, 3.63) is 300 Å². The molecule has 126 heavy (non-hydrogen) atoms. The molecule has 0 atom stereocenters. The van der Waals surface area contributed by atoms with Crippen LogP contribution in [0.4, 0.5) is 36.3 Å². The van der Waals surface area contributed by atoms with E-state index in [2.05, 4.69) is 68.4 Å². The van der Waals surface area contributed by atoms with Gasteiger partial charge in [0.2, 0.25) is 0 Å². The molecular weight excluding hydrogens is 1790 g/mol. The van der Waals surface area contributed by atoms with Crippen molar-refractivity contribution in [2.75, 3.05) is 11.9 Å². The zero-order valence-electron chi connectivity index (χ0n) is 72.7. The number of Topliss-reactive ketones (excluding diaryl/α,β-unsaturated/α-hetero) is 1. The van der Waals surface area contributed by atoms with Crippen LogP contribution in [0, 0.1) is 51.7 Å². The van der Waals surface area contributed by atoms with Crippen LogP contribution in [0.3, 0.4) is 0 Å². The first-order valence-corrected chi connectivity index (χ1v) is 41.8. The highest BCUT2D eigenvalue weighted by Gasteiger charge is 2.32. The summed E-state index contributed by atoms with van der Waals surface area (Å²) >= 11 is 32.0. The van der Waals surface area contributed by atoms with Gasteiger partial charge in [0.05, 0.1) is 80.3 Å². The second kappa shape index (κ2) is 45.1. The molecule has 0 aliphatic rings. The number of amides is 3. The summed E-state index contributed by atoms with van der Waals surface area (Å²) < 4.78 is 86.9. The number of carbonyl (C=O) groups excluding carboxylic acids is 4. The van der Waals surface area contributed by atoms with E-state index in [4.69, 9.17) is 93.2 Å². The van der Waals surface area contributed by atoms with Crippen molar-refractivity contribution in [3.8, 4) is 68.4 Å². The fourth-order valence-electron chi connectivity index (χ4n) is 10.9. The number of pyridine rings is 6. The highest BCUT2D eigenvalue weighted by Crippen LogP contribution is 2.34. The maximum Gasteiger partial charge on any atom is 0.408 e. The summed E-state index contributed by atoms with van der Waals surface area (Å²) in [5.41, 5.74) is 12.8. The average molecular weight is 1890 g/mol. The molecule has 0 aliphatic heterocycles. The predicted molar refractivity (Wildman–Crippen MR) is 490 cm³/mol. The topological polar surface area (TPSA) is 292 Å². The lowest BCUT2D eigenvalue weighted by Crippen LogP contribution is -2.44. The Morgan fingerprint density at radius 3 is 0.913 bits per heavy atom. The molecule has 20 nitrogen and oxygen atoms in total. The fourth-order valence-corrected chi connectivity index (χ4v) is 12.3. The van der Waals surface area contributed by atoms with Gasteiger partial charge in [-0.2, -0.15) is 10.5 Å². The minimum atomic E-state index is -0.832. The highest BCUT2D eigenvalue weighted by molar-refractivity contribution is 9.09. The number of nitrogens with one attached hydrogen (secondary N) is 3. The Kier molecular flexibility index (Phi) is 37.0. The Balaban J connectivity index is 0.000000239. The minimum Gasteiger partial charge on any atom is -0.492 e. The van der Waals surface area contributed by atoms with Gasteiger partial charge in [-0.15, -0.1) is 0 Å². The van der Waals surface area contributed by atoms with Crippen molar-refractivity contribution in [1.29, 1.82) is 10.5 Å². The van der Waals surface area contributed by atoms with Crippen LogP contribution in [0.2, 0.25) is 25.8 Å². The minimum absolute atomic E-state index is 0.117. The summed E-state index contributed by atoms with van der Waals surface area (Å²) in [5, 5.41) is 27.2. The van der Waals surface area contributed by atoms with E-state index in [1.54, 1.807) is 133 Å². The molecule has 11 aromatic rings. The van der Waals surface area contributed by atoms with Crippen LogP contribution in [0.1, 0.15) is 174 Å². The van der Waals surface area contributed by atoms with Gasteiger partial charge in [-0.3, -0.25) is 4.79 Å². The predicted octanol–water partition coefficient (Wildman–Crippen LogP) is 25.6. The van der Waals surface area contributed by atoms with Crippen LogP contribution in [-0.4, -0.2) is 82.7 Å². The number of nitrogens with zero attached hydrogens (tertiary/aromatic N) is 8. The summed E-state index contributed by atoms with van der Waals surface area (Å²) in [6, 6.07) is 54.0. The average Bonchev–Trinajstić information content (AvgIpc) is 0.788. The van der Waals surface area contributed by atoms with Gasteiger partial charge in [0, 0.05) is 33.4 Å². The molecule has 6 heterocycles. The first-order valence-electron chi connectivity index (χ1n) is 38.8. The molecule has 6 aromatic heterocycles. The largest absolute Gasteiger partial charge is 0.492 e. The molecule has 0 bridgehead atoms. The number of carbonyl (C=O) groups is 4. The number of ketones is 1. The summed E-state index contributed by atoms with van der Waals surface area (Å²) in [6.45, 7) is 37.3. The number of nitriles is 2. The smallest absolute Gasteiger partial charge is 0.408 e. The molecule has 0 spiro atoms.